The van der Waals surface area contributed by atoms with Crippen LogP contribution in [0.15, 0.2) is 24.4 Å². The number of benzene rings is 1. The van der Waals surface area contributed by atoms with Crippen LogP contribution in [0.5, 0.6) is 5.75 Å². The van der Waals surface area contributed by atoms with E-state index in [0.717, 1.165) is 44.0 Å². The number of unbranched alkanes of at least 4 members (excludes halogenated alkanes) is 3. The first-order valence-electron chi connectivity index (χ1n) is 6.70. The van der Waals surface area contributed by atoms with Gasteiger partial charge in [0.05, 0.1) is 15.2 Å². The number of fused-ring (bicyclic) bond motifs is 1. The summed E-state index contributed by atoms with van der Waals surface area (Å²) < 4.78 is 6.95. The van der Waals surface area contributed by atoms with E-state index in [1.54, 1.807) is 6.20 Å². The lowest BCUT2D eigenvalue weighted by molar-refractivity contribution is 0.306. The van der Waals surface area contributed by atoms with Crippen LogP contribution in [0.4, 0.5) is 0 Å². The van der Waals surface area contributed by atoms with E-state index in [0.29, 0.717) is 0 Å². The van der Waals surface area contributed by atoms with Gasteiger partial charge in [0.15, 0.2) is 5.75 Å². The lowest BCUT2D eigenvalue weighted by Gasteiger charge is -2.11. The smallest absolute Gasteiger partial charge is 0.158 e. The molecule has 1 heterocycles. The summed E-state index contributed by atoms with van der Waals surface area (Å²) in [6.07, 6.45) is 6.39. The highest BCUT2D eigenvalue weighted by molar-refractivity contribution is 14.1. The third kappa shape index (κ3) is 4.15. The Hall–Kier alpha value is -0.200. The highest BCUT2D eigenvalue weighted by Crippen LogP contribution is 2.34. The zero-order valence-electron chi connectivity index (χ0n) is 11.1. The predicted molar refractivity (Wildman–Crippen MR) is 97.3 cm³/mol. The first-order chi connectivity index (χ1) is 9.74. The van der Waals surface area contributed by atoms with E-state index < -0.39 is 0 Å². The lowest BCUT2D eigenvalue weighted by Crippen LogP contribution is -2.00. The molecule has 108 valence electrons. The van der Waals surface area contributed by atoms with Crippen LogP contribution >= 0.6 is 46.8 Å². The van der Waals surface area contributed by atoms with E-state index >= 15 is 0 Å². The molecule has 2 nitrogen and oxygen atoms in total. The van der Waals surface area contributed by atoms with Gasteiger partial charge in [-0.25, -0.2) is 0 Å². The topological polar surface area (TPSA) is 22.1 Å². The molecule has 0 aliphatic carbocycles. The molecular weight excluding hydrogens is 405 g/mol. The summed E-state index contributed by atoms with van der Waals surface area (Å²) in [6.45, 7) is 0.718. The zero-order chi connectivity index (χ0) is 14.4. The van der Waals surface area contributed by atoms with E-state index in [4.69, 9.17) is 16.3 Å². The second kappa shape index (κ2) is 8.29. The van der Waals surface area contributed by atoms with Gasteiger partial charge >= 0.3 is 0 Å². The fourth-order valence-corrected chi connectivity index (χ4v) is 3.42. The maximum atomic E-state index is 6.25. The molecular formula is C15H17ClINOS. The average Bonchev–Trinajstić information content (AvgIpc) is 2.45. The van der Waals surface area contributed by atoms with Crippen LogP contribution in [0.1, 0.15) is 25.7 Å². The molecule has 20 heavy (non-hydrogen) atoms. The Morgan fingerprint density at radius 2 is 2.05 bits per heavy atom. The van der Waals surface area contributed by atoms with Crippen molar-refractivity contribution in [3.63, 3.8) is 0 Å². The molecule has 0 unspecified atom stereocenters. The fraction of sp³-hybridized carbons (Fsp3) is 0.400. The minimum absolute atomic E-state index is 0.718. The molecule has 0 saturated carbocycles. The number of aromatic nitrogens is 1. The van der Waals surface area contributed by atoms with Gasteiger partial charge in [0.25, 0.3) is 0 Å². The summed E-state index contributed by atoms with van der Waals surface area (Å²) in [4.78, 5) is 4.41. The van der Waals surface area contributed by atoms with Gasteiger partial charge in [0, 0.05) is 11.6 Å². The van der Waals surface area contributed by atoms with Crippen molar-refractivity contribution in [2.24, 2.45) is 0 Å². The molecule has 0 N–H and O–H groups in total. The molecule has 0 radical (unpaired) electrons. The minimum Gasteiger partial charge on any atom is -0.490 e. The van der Waals surface area contributed by atoms with Gasteiger partial charge in [0.2, 0.25) is 0 Å². The zero-order valence-corrected chi connectivity index (χ0v) is 14.9. The predicted octanol–water partition coefficient (Wildman–Crippen LogP) is 5.36. The molecule has 2 aromatic rings. The van der Waals surface area contributed by atoms with E-state index in [9.17, 15) is 0 Å². The number of pyridine rings is 1. The van der Waals surface area contributed by atoms with Crippen molar-refractivity contribution in [3.05, 3.63) is 33.0 Å². The summed E-state index contributed by atoms with van der Waals surface area (Å²) in [5.41, 5.74) is 0.847. The minimum atomic E-state index is 0.718. The van der Waals surface area contributed by atoms with E-state index in [2.05, 4.69) is 40.2 Å². The van der Waals surface area contributed by atoms with Crippen molar-refractivity contribution in [2.75, 3.05) is 12.4 Å². The van der Waals surface area contributed by atoms with Crippen molar-refractivity contribution in [2.45, 2.75) is 25.7 Å². The summed E-state index contributed by atoms with van der Waals surface area (Å²) >= 11 is 12.7. The van der Waals surface area contributed by atoms with Crippen LogP contribution in [0.25, 0.3) is 10.9 Å². The van der Waals surface area contributed by atoms with Crippen molar-refractivity contribution < 1.29 is 4.74 Å². The molecule has 0 amide bonds. The highest BCUT2D eigenvalue weighted by Gasteiger charge is 2.11. The number of hydrogen-bond donors (Lipinski definition) is 1. The standard InChI is InChI=1S/C15H17ClINOS/c16-12-10-13(17)15(14-11(12)6-5-7-18-14)19-8-3-1-2-4-9-20/h5-7,10,20H,1-4,8-9H2. The Morgan fingerprint density at radius 1 is 1.25 bits per heavy atom. The number of nitrogens with zero attached hydrogens (tertiary/aromatic N) is 1. The Morgan fingerprint density at radius 3 is 2.85 bits per heavy atom. The van der Waals surface area contributed by atoms with Crippen LogP contribution in [-0.4, -0.2) is 17.3 Å². The van der Waals surface area contributed by atoms with Gasteiger partial charge in [-0.2, -0.15) is 12.6 Å². The van der Waals surface area contributed by atoms with Gasteiger partial charge in [-0.15, -0.1) is 0 Å². The van der Waals surface area contributed by atoms with Crippen molar-refractivity contribution in [1.82, 2.24) is 4.98 Å². The molecule has 1 aromatic heterocycles. The lowest BCUT2D eigenvalue weighted by atomic mass is 10.2. The van der Waals surface area contributed by atoms with Gasteiger partial charge in [-0.1, -0.05) is 24.4 Å². The Bertz CT molecular complexity index is 579. The Balaban J connectivity index is 2.06. The summed E-state index contributed by atoms with van der Waals surface area (Å²) in [5, 5.41) is 1.67. The van der Waals surface area contributed by atoms with Crippen LogP contribution in [-0.2, 0) is 0 Å². The van der Waals surface area contributed by atoms with E-state index in [1.807, 2.05) is 18.2 Å². The highest BCUT2D eigenvalue weighted by atomic mass is 127. The summed E-state index contributed by atoms with van der Waals surface area (Å²) in [6, 6.07) is 5.80. The van der Waals surface area contributed by atoms with Gasteiger partial charge in [-0.3, -0.25) is 4.98 Å². The molecule has 2 rings (SSSR count). The number of thiol groups is 1. The SMILES string of the molecule is SCCCCCCOc1c(I)cc(Cl)c2cccnc12. The monoisotopic (exact) mass is 421 g/mol. The Labute approximate surface area is 143 Å². The molecule has 5 heteroatoms. The number of rotatable bonds is 7. The molecule has 0 saturated heterocycles. The second-order valence-corrected chi connectivity index (χ2v) is 6.57. The Kier molecular flexibility index (Phi) is 6.71. The summed E-state index contributed by atoms with van der Waals surface area (Å²) in [7, 11) is 0. The average molecular weight is 422 g/mol. The normalized spacial score (nSPS) is 10.9. The second-order valence-electron chi connectivity index (χ2n) is 4.56. The van der Waals surface area contributed by atoms with Crippen molar-refractivity contribution >= 4 is 57.7 Å². The summed E-state index contributed by atoms with van der Waals surface area (Å²) in [5.74, 6) is 1.81. The molecule has 1 aromatic carbocycles. The molecule has 0 aliphatic heterocycles. The number of ether oxygens (including phenoxy) is 1. The van der Waals surface area contributed by atoms with Crippen LogP contribution in [0, 0.1) is 3.57 Å². The maximum Gasteiger partial charge on any atom is 0.158 e. The molecule has 0 aliphatic rings. The van der Waals surface area contributed by atoms with Gasteiger partial charge in [0.1, 0.15) is 5.52 Å². The molecule has 0 bridgehead atoms. The van der Waals surface area contributed by atoms with Gasteiger partial charge in [-0.05, 0) is 59.4 Å². The van der Waals surface area contributed by atoms with Crippen LogP contribution < -0.4 is 4.74 Å². The van der Waals surface area contributed by atoms with Gasteiger partial charge < -0.3 is 4.74 Å². The fourth-order valence-electron chi connectivity index (χ4n) is 2.03. The maximum absolute atomic E-state index is 6.25. The van der Waals surface area contributed by atoms with Crippen LogP contribution in [0.2, 0.25) is 5.02 Å². The molecule has 0 atom stereocenters. The quantitative estimate of drug-likeness (QED) is 0.369. The first kappa shape index (κ1) is 16.2. The third-order valence-corrected chi connectivity index (χ3v) is 4.48. The third-order valence-electron chi connectivity index (χ3n) is 3.05. The molecule has 0 fully saturated rings. The van der Waals surface area contributed by atoms with Crippen molar-refractivity contribution in [3.8, 4) is 5.75 Å². The number of hydrogen-bond acceptors (Lipinski definition) is 3. The first-order valence-corrected chi connectivity index (χ1v) is 8.79. The van der Waals surface area contributed by atoms with Crippen molar-refractivity contribution in [1.29, 1.82) is 0 Å². The largest absolute Gasteiger partial charge is 0.490 e. The van der Waals surface area contributed by atoms with E-state index in [1.165, 1.54) is 19.3 Å². The van der Waals surface area contributed by atoms with E-state index in [-0.39, 0.29) is 0 Å². The molecule has 0 spiro atoms. The number of halogens is 2. The van der Waals surface area contributed by atoms with Crippen LogP contribution in [0.3, 0.4) is 0 Å².